The molecule has 23 heavy (non-hydrogen) atoms. The minimum Gasteiger partial charge on any atom is -0.346 e. The number of piperidine rings is 1. The lowest BCUT2D eigenvalue weighted by Crippen LogP contribution is -2.45. The molecule has 2 rings (SSSR count). The number of benzene rings is 1. The smallest absolute Gasteiger partial charge is 0.243 e. The van der Waals surface area contributed by atoms with E-state index in [0.29, 0.717) is 12.6 Å². The van der Waals surface area contributed by atoms with Gasteiger partial charge in [0.15, 0.2) is 0 Å². The van der Waals surface area contributed by atoms with Crippen LogP contribution in [0, 0.1) is 0 Å². The first kappa shape index (κ1) is 17.5. The van der Waals surface area contributed by atoms with Gasteiger partial charge in [-0.05, 0) is 44.4 Å². The second-order valence-electron chi connectivity index (χ2n) is 6.15. The van der Waals surface area contributed by atoms with E-state index in [9.17, 15) is 9.59 Å². The number of nitrogens with one attached hydrogen (secondary N) is 2. The number of carbonyl (C=O) groups is 2. The summed E-state index contributed by atoms with van der Waals surface area (Å²) in [7, 11) is 0. The number of anilines is 1. The third-order valence-corrected chi connectivity index (χ3v) is 4.41. The molecule has 1 fully saturated rings. The normalized spacial score (nSPS) is 18.4. The lowest BCUT2D eigenvalue weighted by molar-refractivity contribution is -0.125. The van der Waals surface area contributed by atoms with Gasteiger partial charge in [0.2, 0.25) is 11.8 Å². The molecule has 1 aliphatic heterocycles. The van der Waals surface area contributed by atoms with Crippen LogP contribution in [0.5, 0.6) is 0 Å². The fraction of sp³-hybridized carbons (Fsp3) is 0.556. The molecule has 0 saturated carbocycles. The topological polar surface area (TPSA) is 61.4 Å². The number of carbonyl (C=O) groups excluding carboxylic acids is 2. The summed E-state index contributed by atoms with van der Waals surface area (Å²) in [5.41, 5.74) is 1.91. The van der Waals surface area contributed by atoms with E-state index in [2.05, 4.69) is 22.5 Å². The van der Waals surface area contributed by atoms with Crippen molar-refractivity contribution < 1.29 is 9.59 Å². The monoisotopic (exact) mass is 317 g/mol. The minimum absolute atomic E-state index is 0.0130. The third kappa shape index (κ3) is 5.36. The van der Waals surface area contributed by atoms with Crippen molar-refractivity contribution in [3.63, 3.8) is 0 Å². The zero-order chi connectivity index (χ0) is 16.7. The van der Waals surface area contributed by atoms with Crippen LogP contribution in [0.2, 0.25) is 0 Å². The predicted octanol–water partition coefficient (Wildman–Crippen LogP) is 2.18. The van der Waals surface area contributed by atoms with Crippen molar-refractivity contribution >= 4 is 17.5 Å². The predicted molar refractivity (Wildman–Crippen MR) is 92.3 cm³/mol. The Bertz CT molecular complexity index is 545. The molecule has 0 aliphatic carbocycles. The van der Waals surface area contributed by atoms with Gasteiger partial charge in [0.1, 0.15) is 0 Å². The Kier molecular flexibility index (Phi) is 6.59. The van der Waals surface area contributed by atoms with Crippen LogP contribution in [0.3, 0.4) is 0 Å². The molecule has 1 aromatic rings. The maximum absolute atomic E-state index is 12.0. The molecule has 1 aromatic carbocycles. The Morgan fingerprint density at radius 3 is 2.74 bits per heavy atom. The summed E-state index contributed by atoms with van der Waals surface area (Å²) in [6, 6.07) is 8.17. The van der Waals surface area contributed by atoms with E-state index < -0.39 is 0 Å². The van der Waals surface area contributed by atoms with Crippen LogP contribution in [-0.4, -0.2) is 42.4 Å². The summed E-state index contributed by atoms with van der Waals surface area (Å²) >= 11 is 0. The van der Waals surface area contributed by atoms with E-state index in [0.717, 1.165) is 37.1 Å². The van der Waals surface area contributed by atoms with Gasteiger partial charge in [0.25, 0.3) is 0 Å². The average Bonchev–Trinajstić information content (AvgIpc) is 2.55. The number of aryl methyl sites for hydroxylation is 1. The molecular weight excluding hydrogens is 290 g/mol. The van der Waals surface area contributed by atoms with Crippen molar-refractivity contribution in [1.29, 1.82) is 0 Å². The summed E-state index contributed by atoms with van der Waals surface area (Å²) in [5.74, 6) is -0.274. The van der Waals surface area contributed by atoms with E-state index in [1.807, 2.05) is 31.2 Å². The number of para-hydroxylation sites is 1. The number of amides is 2. The summed E-state index contributed by atoms with van der Waals surface area (Å²) in [6.07, 6.45) is 4.38. The summed E-state index contributed by atoms with van der Waals surface area (Å²) < 4.78 is 0. The molecule has 2 amide bonds. The molecule has 1 heterocycles. The van der Waals surface area contributed by atoms with E-state index in [1.165, 1.54) is 6.42 Å². The first-order chi connectivity index (χ1) is 11.1. The summed E-state index contributed by atoms with van der Waals surface area (Å²) in [4.78, 5) is 26.2. The number of nitrogens with zero attached hydrogens (tertiary/aromatic N) is 1. The Morgan fingerprint density at radius 1 is 1.22 bits per heavy atom. The molecule has 0 radical (unpaired) electrons. The second kappa shape index (κ2) is 8.67. The van der Waals surface area contributed by atoms with Gasteiger partial charge in [-0.25, -0.2) is 0 Å². The Morgan fingerprint density at radius 2 is 2.00 bits per heavy atom. The highest BCUT2D eigenvalue weighted by atomic mass is 16.2. The van der Waals surface area contributed by atoms with Crippen molar-refractivity contribution in [2.75, 3.05) is 25.0 Å². The van der Waals surface area contributed by atoms with Crippen LogP contribution in [0.4, 0.5) is 5.69 Å². The fourth-order valence-corrected chi connectivity index (χ4v) is 2.96. The number of hydrogen-bond acceptors (Lipinski definition) is 3. The van der Waals surface area contributed by atoms with Gasteiger partial charge < -0.3 is 10.6 Å². The molecule has 0 spiro atoms. The van der Waals surface area contributed by atoms with Crippen molar-refractivity contribution in [3.05, 3.63) is 29.8 Å². The molecule has 1 saturated heterocycles. The lowest BCUT2D eigenvalue weighted by Gasteiger charge is -2.32. The molecule has 2 N–H and O–H groups in total. The second-order valence-corrected chi connectivity index (χ2v) is 6.15. The van der Waals surface area contributed by atoms with Gasteiger partial charge in [0, 0.05) is 11.7 Å². The quantitative estimate of drug-likeness (QED) is 0.845. The van der Waals surface area contributed by atoms with Crippen LogP contribution in [-0.2, 0) is 16.0 Å². The van der Waals surface area contributed by atoms with Crippen LogP contribution >= 0.6 is 0 Å². The molecule has 0 aromatic heterocycles. The molecule has 5 nitrogen and oxygen atoms in total. The van der Waals surface area contributed by atoms with Crippen LogP contribution in [0.15, 0.2) is 24.3 Å². The maximum Gasteiger partial charge on any atom is 0.243 e. The van der Waals surface area contributed by atoms with Crippen molar-refractivity contribution in [2.45, 2.75) is 45.6 Å². The standard InChI is InChI=1S/C18H27N3O2/c1-3-15-9-4-5-10-16(15)20-17(22)12-19-18(23)13-21-11-7-6-8-14(21)2/h4-5,9-10,14H,3,6-8,11-13H2,1-2H3,(H,19,23)(H,20,22)/t14-/m1/s1. The van der Waals surface area contributed by atoms with Gasteiger partial charge in [-0.1, -0.05) is 31.5 Å². The van der Waals surface area contributed by atoms with Crippen molar-refractivity contribution in [1.82, 2.24) is 10.2 Å². The molecule has 126 valence electrons. The fourth-order valence-electron chi connectivity index (χ4n) is 2.96. The number of hydrogen-bond donors (Lipinski definition) is 2. The van der Waals surface area contributed by atoms with Crippen molar-refractivity contribution in [2.24, 2.45) is 0 Å². The van der Waals surface area contributed by atoms with E-state index in [1.54, 1.807) is 0 Å². The van der Waals surface area contributed by atoms with Gasteiger partial charge >= 0.3 is 0 Å². The Balaban J connectivity index is 1.76. The highest BCUT2D eigenvalue weighted by Gasteiger charge is 2.20. The van der Waals surface area contributed by atoms with Gasteiger partial charge in [-0.15, -0.1) is 0 Å². The van der Waals surface area contributed by atoms with Crippen LogP contribution in [0.25, 0.3) is 0 Å². The molecule has 1 aliphatic rings. The van der Waals surface area contributed by atoms with E-state index >= 15 is 0 Å². The summed E-state index contributed by atoms with van der Waals surface area (Å²) in [6.45, 7) is 5.55. The van der Waals surface area contributed by atoms with E-state index in [4.69, 9.17) is 0 Å². The zero-order valence-corrected chi connectivity index (χ0v) is 14.1. The van der Waals surface area contributed by atoms with Crippen LogP contribution < -0.4 is 10.6 Å². The first-order valence-electron chi connectivity index (χ1n) is 8.48. The van der Waals surface area contributed by atoms with E-state index in [-0.39, 0.29) is 18.4 Å². The minimum atomic E-state index is -0.189. The molecule has 5 heteroatoms. The highest BCUT2D eigenvalue weighted by Crippen LogP contribution is 2.16. The maximum atomic E-state index is 12.0. The third-order valence-electron chi connectivity index (χ3n) is 4.41. The van der Waals surface area contributed by atoms with Gasteiger partial charge in [-0.2, -0.15) is 0 Å². The zero-order valence-electron chi connectivity index (χ0n) is 14.1. The van der Waals surface area contributed by atoms with Crippen molar-refractivity contribution in [3.8, 4) is 0 Å². The molecule has 0 unspecified atom stereocenters. The van der Waals surface area contributed by atoms with Gasteiger partial charge in [0.05, 0.1) is 13.1 Å². The Hall–Kier alpha value is -1.88. The largest absolute Gasteiger partial charge is 0.346 e. The average molecular weight is 317 g/mol. The van der Waals surface area contributed by atoms with Gasteiger partial charge in [-0.3, -0.25) is 14.5 Å². The molecular formula is C18H27N3O2. The molecule has 0 bridgehead atoms. The first-order valence-corrected chi connectivity index (χ1v) is 8.48. The van der Waals surface area contributed by atoms with Crippen LogP contribution in [0.1, 0.15) is 38.7 Å². The SMILES string of the molecule is CCc1ccccc1NC(=O)CNC(=O)CN1CCCC[C@H]1C. The highest BCUT2D eigenvalue weighted by molar-refractivity contribution is 5.95. The summed E-state index contributed by atoms with van der Waals surface area (Å²) in [5, 5.41) is 5.58. The lowest BCUT2D eigenvalue weighted by atomic mass is 10.0. The number of rotatable bonds is 6. The Labute approximate surface area is 138 Å². The molecule has 1 atom stereocenters. The number of likely N-dealkylation sites (tertiary alicyclic amines) is 1.